The van der Waals surface area contributed by atoms with Gasteiger partial charge in [-0.05, 0) is 12.0 Å². The van der Waals surface area contributed by atoms with Gasteiger partial charge in [0.05, 0.1) is 13.0 Å². The summed E-state index contributed by atoms with van der Waals surface area (Å²) in [5.41, 5.74) is 0.928. The summed E-state index contributed by atoms with van der Waals surface area (Å²) in [7, 11) is 0. The Morgan fingerprint density at radius 1 is 1.39 bits per heavy atom. The lowest BCUT2D eigenvalue weighted by atomic mass is 9.84. The van der Waals surface area contributed by atoms with Crippen LogP contribution in [0.2, 0.25) is 0 Å². The minimum atomic E-state index is -0.228. The Balaban J connectivity index is 1.75. The van der Waals surface area contributed by atoms with Gasteiger partial charge in [0.15, 0.2) is 0 Å². The maximum Gasteiger partial charge on any atom is 0.306 e. The van der Waals surface area contributed by atoms with Gasteiger partial charge in [-0.25, -0.2) is 0 Å². The highest BCUT2D eigenvalue weighted by Gasteiger charge is 2.37. The molecule has 1 aliphatic rings. The molecule has 0 radical (unpaired) electrons. The van der Waals surface area contributed by atoms with Crippen molar-refractivity contribution in [2.75, 3.05) is 13.2 Å². The Morgan fingerprint density at radius 3 is 2.78 bits per heavy atom. The third-order valence-corrected chi connectivity index (χ3v) is 3.31. The first-order chi connectivity index (χ1) is 8.74. The summed E-state index contributed by atoms with van der Waals surface area (Å²) in [5, 5.41) is 0. The molecule has 0 unspecified atom stereocenters. The van der Waals surface area contributed by atoms with Gasteiger partial charge in [-0.2, -0.15) is 0 Å². The van der Waals surface area contributed by atoms with Crippen LogP contribution in [-0.2, 0) is 20.9 Å². The van der Waals surface area contributed by atoms with Crippen LogP contribution in [0, 0.1) is 5.41 Å². The van der Waals surface area contributed by atoms with E-state index in [0.29, 0.717) is 26.2 Å². The molecule has 0 N–H and O–H groups in total. The first-order valence-corrected chi connectivity index (χ1v) is 6.15. The predicted octanol–water partition coefficient (Wildman–Crippen LogP) is 2.71. The molecule has 2 rings (SSSR count). The van der Waals surface area contributed by atoms with E-state index in [2.05, 4.69) is 6.58 Å². The number of cyclic esters (lactones) is 1. The summed E-state index contributed by atoms with van der Waals surface area (Å²) in [4.78, 5) is 11.2. The highest BCUT2D eigenvalue weighted by molar-refractivity contribution is 5.73. The highest BCUT2D eigenvalue weighted by atomic mass is 16.5. The third-order valence-electron chi connectivity index (χ3n) is 3.31. The van der Waals surface area contributed by atoms with Gasteiger partial charge in [0.25, 0.3) is 0 Å². The normalized spacial score (nSPS) is 22.8. The van der Waals surface area contributed by atoms with E-state index in [9.17, 15) is 4.79 Å². The Kier molecular flexibility index (Phi) is 4.15. The largest absolute Gasteiger partial charge is 0.465 e. The molecule has 96 valence electrons. The molecule has 3 nitrogen and oxygen atoms in total. The highest BCUT2D eigenvalue weighted by Crippen LogP contribution is 2.34. The van der Waals surface area contributed by atoms with Crippen LogP contribution in [0.25, 0.3) is 0 Å². The van der Waals surface area contributed by atoms with Gasteiger partial charge in [0, 0.05) is 12.0 Å². The van der Waals surface area contributed by atoms with E-state index in [-0.39, 0.29) is 11.4 Å². The smallest absolute Gasteiger partial charge is 0.306 e. The Labute approximate surface area is 107 Å². The van der Waals surface area contributed by atoms with Crippen LogP contribution in [0.4, 0.5) is 0 Å². The topological polar surface area (TPSA) is 35.5 Å². The van der Waals surface area contributed by atoms with Crippen LogP contribution in [-0.4, -0.2) is 19.2 Å². The summed E-state index contributed by atoms with van der Waals surface area (Å²) in [5.74, 6) is -0.141. The maximum atomic E-state index is 11.2. The van der Waals surface area contributed by atoms with Crippen LogP contribution in [0.5, 0.6) is 0 Å². The maximum absolute atomic E-state index is 11.2. The van der Waals surface area contributed by atoms with Crippen LogP contribution < -0.4 is 0 Å². The van der Waals surface area contributed by atoms with Gasteiger partial charge in [0.1, 0.15) is 6.61 Å². The van der Waals surface area contributed by atoms with Gasteiger partial charge in [-0.1, -0.05) is 36.4 Å². The van der Waals surface area contributed by atoms with Crippen LogP contribution in [0.15, 0.2) is 43.0 Å². The number of ether oxygens (including phenoxy) is 2. The molecule has 1 aromatic rings. The fraction of sp³-hybridized carbons (Fsp3) is 0.400. The van der Waals surface area contributed by atoms with E-state index in [4.69, 9.17) is 9.47 Å². The molecule has 0 aromatic heterocycles. The van der Waals surface area contributed by atoms with Gasteiger partial charge < -0.3 is 9.47 Å². The number of hydrogen-bond acceptors (Lipinski definition) is 3. The average molecular weight is 246 g/mol. The number of esters is 1. The number of benzene rings is 1. The molecule has 1 heterocycles. The lowest BCUT2D eigenvalue weighted by molar-refractivity contribution is -0.137. The van der Waals surface area contributed by atoms with Gasteiger partial charge in [0.2, 0.25) is 0 Å². The molecule has 1 atom stereocenters. The van der Waals surface area contributed by atoms with Crippen molar-refractivity contribution in [2.45, 2.75) is 19.4 Å². The zero-order chi connectivity index (χ0) is 12.8. The van der Waals surface area contributed by atoms with E-state index in [1.807, 2.05) is 36.4 Å². The third kappa shape index (κ3) is 3.20. The summed E-state index contributed by atoms with van der Waals surface area (Å²) in [6.07, 6.45) is 3.02. The van der Waals surface area contributed by atoms with Crippen LogP contribution >= 0.6 is 0 Å². The van der Waals surface area contributed by atoms with E-state index < -0.39 is 0 Å². The molecule has 0 amide bonds. The molecule has 0 saturated carbocycles. The minimum absolute atomic E-state index is 0.141. The van der Waals surface area contributed by atoms with Gasteiger partial charge in [-0.3, -0.25) is 4.79 Å². The summed E-state index contributed by atoms with van der Waals surface area (Å²) in [6.45, 7) is 5.44. The van der Waals surface area contributed by atoms with Crippen molar-refractivity contribution in [2.24, 2.45) is 5.41 Å². The van der Waals surface area contributed by atoms with Crippen molar-refractivity contribution in [1.82, 2.24) is 0 Å². The molecule has 0 spiro atoms. The zero-order valence-corrected chi connectivity index (χ0v) is 10.4. The average Bonchev–Trinajstić information content (AvgIpc) is 2.78. The molecule has 18 heavy (non-hydrogen) atoms. The molecule has 3 heteroatoms. The van der Waals surface area contributed by atoms with Crippen molar-refractivity contribution < 1.29 is 14.3 Å². The second kappa shape index (κ2) is 5.83. The predicted molar refractivity (Wildman–Crippen MR) is 68.9 cm³/mol. The standard InChI is InChI=1S/C15H18O3/c1-2-15(10-14(16)18-12-15)8-9-17-11-13-6-4-3-5-7-13/h2-7H,1,8-12H2/t15-/m0/s1. The fourth-order valence-electron chi connectivity index (χ4n) is 2.05. The Bertz CT molecular complexity index is 413. The monoisotopic (exact) mass is 246 g/mol. The second-order valence-electron chi connectivity index (χ2n) is 4.69. The molecular weight excluding hydrogens is 228 g/mol. The SMILES string of the molecule is C=C[C@@]1(CCOCc2ccccc2)COC(=O)C1. The van der Waals surface area contributed by atoms with Gasteiger partial charge >= 0.3 is 5.97 Å². The van der Waals surface area contributed by atoms with Crippen molar-refractivity contribution in [1.29, 1.82) is 0 Å². The summed E-state index contributed by atoms with van der Waals surface area (Å²) < 4.78 is 10.6. The number of carbonyl (C=O) groups is 1. The van der Waals surface area contributed by atoms with Crippen molar-refractivity contribution in [3.8, 4) is 0 Å². The molecule has 0 aliphatic carbocycles. The number of hydrogen-bond donors (Lipinski definition) is 0. The Hall–Kier alpha value is -1.61. The van der Waals surface area contributed by atoms with E-state index in [1.54, 1.807) is 0 Å². The van der Waals surface area contributed by atoms with Crippen LogP contribution in [0.3, 0.4) is 0 Å². The molecule has 1 aliphatic heterocycles. The number of rotatable bonds is 6. The van der Waals surface area contributed by atoms with E-state index >= 15 is 0 Å². The second-order valence-corrected chi connectivity index (χ2v) is 4.69. The van der Waals surface area contributed by atoms with E-state index in [1.165, 1.54) is 0 Å². The fourth-order valence-corrected chi connectivity index (χ4v) is 2.05. The van der Waals surface area contributed by atoms with Gasteiger partial charge in [-0.15, -0.1) is 6.58 Å². The zero-order valence-electron chi connectivity index (χ0n) is 10.4. The molecule has 1 aromatic carbocycles. The Morgan fingerprint density at radius 2 is 2.17 bits per heavy atom. The summed E-state index contributed by atoms with van der Waals surface area (Å²) in [6, 6.07) is 10.0. The molecular formula is C15H18O3. The quantitative estimate of drug-likeness (QED) is 0.440. The summed E-state index contributed by atoms with van der Waals surface area (Å²) >= 11 is 0. The molecule has 0 bridgehead atoms. The first-order valence-electron chi connectivity index (χ1n) is 6.15. The first kappa shape index (κ1) is 12.8. The molecule has 1 fully saturated rings. The lowest BCUT2D eigenvalue weighted by Gasteiger charge is -2.20. The molecule has 1 saturated heterocycles. The van der Waals surface area contributed by atoms with Crippen molar-refractivity contribution >= 4 is 5.97 Å². The number of carbonyl (C=O) groups excluding carboxylic acids is 1. The van der Waals surface area contributed by atoms with Crippen molar-refractivity contribution in [3.63, 3.8) is 0 Å². The lowest BCUT2D eigenvalue weighted by Crippen LogP contribution is -2.20. The van der Waals surface area contributed by atoms with Crippen molar-refractivity contribution in [3.05, 3.63) is 48.6 Å². The van der Waals surface area contributed by atoms with Crippen LogP contribution in [0.1, 0.15) is 18.4 Å². The minimum Gasteiger partial charge on any atom is -0.465 e. The van der Waals surface area contributed by atoms with E-state index in [0.717, 1.165) is 12.0 Å².